The van der Waals surface area contributed by atoms with Crippen LogP contribution in [0.15, 0.2) is 41.5 Å². The molecule has 1 aromatic carbocycles. The highest BCUT2D eigenvalue weighted by Crippen LogP contribution is 2.30. The Hall–Kier alpha value is -1.44. The lowest BCUT2D eigenvalue weighted by atomic mass is 10.1. The smallest absolute Gasteiger partial charge is 0.337 e. The van der Waals surface area contributed by atoms with Gasteiger partial charge < -0.3 is 5.11 Å². The van der Waals surface area contributed by atoms with E-state index in [2.05, 4.69) is 0 Å². The molecule has 0 aliphatic carbocycles. The summed E-state index contributed by atoms with van der Waals surface area (Å²) in [5.74, 6) is -0.595. The molecule has 0 amide bonds. The van der Waals surface area contributed by atoms with Gasteiger partial charge in [-0.2, -0.15) is 0 Å². The van der Waals surface area contributed by atoms with Gasteiger partial charge in [0.15, 0.2) is 0 Å². The molecular weight excluding hydrogens is 322 g/mol. The van der Waals surface area contributed by atoms with Gasteiger partial charge >= 0.3 is 5.97 Å². The van der Waals surface area contributed by atoms with E-state index in [0.29, 0.717) is 11.4 Å². The fourth-order valence-corrected chi connectivity index (χ4v) is 3.17. The standard InChI is InChI=1S/C12H10ClNO4S2/c13-8-1-2-10(12(15)16)11(7-8)14(20(17)18)9-3-5-19-6-4-9/h1-5,7,20H,6H2,(H,15,16). The van der Waals surface area contributed by atoms with Crippen LogP contribution in [0, 0.1) is 0 Å². The zero-order valence-corrected chi connectivity index (χ0v) is 12.5. The molecule has 8 heteroatoms. The zero-order chi connectivity index (χ0) is 14.7. The van der Waals surface area contributed by atoms with Crippen molar-refractivity contribution >= 4 is 45.9 Å². The van der Waals surface area contributed by atoms with Crippen molar-refractivity contribution < 1.29 is 18.3 Å². The molecule has 1 aromatic rings. The van der Waals surface area contributed by atoms with E-state index in [9.17, 15) is 18.3 Å². The molecule has 2 rings (SSSR count). The van der Waals surface area contributed by atoms with Crippen molar-refractivity contribution in [1.29, 1.82) is 0 Å². The highest BCUT2D eigenvalue weighted by Gasteiger charge is 2.21. The molecule has 0 saturated heterocycles. The lowest BCUT2D eigenvalue weighted by molar-refractivity contribution is 0.0698. The highest BCUT2D eigenvalue weighted by molar-refractivity contribution is 8.02. The van der Waals surface area contributed by atoms with E-state index in [1.54, 1.807) is 17.6 Å². The number of benzene rings is 1. The molecule has 0 unspecified atom stereocenters. The number of hydrogen-bond acceptors (Lipinski definition) is 4. The van der Waals surface area contributed by atoms with Crippen LogP contribution in [-0.2, 0) is 10.9 Å². The largest absolute Gasteiger partial charge is 0.478 e. The van der Waals surface area contributed by atoms with E-state index < -0.39 is 16.9 Å². The molecule has 106 valence electrons. The molecule has 1 N–H and O–H groups in total. The lowest BCUT2D eigenvalue weighted by Gasteiger charge is -2.22. The average molecular weight is 332 g/mol. The van der Waals surface area contributed by atoms with Gasteiger partial charge in [-0.3, -0.25) is 0 Å². The quantitative estimate of drug-likeness (QED) is 0.829. The fourth-order valence-electron chi connectivity index (χ4n) is 1.71. The summed E-state index contributed by atoms with van der Waals surface area (Å²) in [6.07, 6.45) is 3.33. The number of carboxylic acids is 1. The number of carboxylic acid groups (broad SMARTS) is 1. The molecule has 1 aliphatic rings. The van der Waals surface area contributed by atoms with Crippen molar-refractivity contribution in [1.82, 2.24) is 0 Å². The maximum Gasteiger partial charge on any atom is 0.337 e. The number of hydrogen-bond donors (Lipinski definition) is 2. The summed E-state index contributed by atoms with van der Waals surface area (Å²) in [6.45, 7) is 0. The summed E-state index contributed by atoms with van der Waals surface area (Å²) in [4.78, 5) is 11.2. The van der Waals surface area contributed by atoms with Crippen molar-refractivity contribution in [3.8, 4) is 0 Å². The topological polar surface area (TPSA) is 74.7 Å². The van der Waals surface area contributed by atoms with Crippen molar-refractivity contribution in [2.45, 2.75) is 0 Å². The summed E-state index contributed by atoms with van der Waals surface area (Å²) in [5, 5.41) is 11.2. The molecule has 0 saturated carbocycles. The number of anilines is 1. The van der Waals surface area contributed by atoms with E-state index >= 15 is 0 Å². The van der Waals surface area contributed by atoms with E-state index in [-0.39, 0.29) is 16.3 Å². The summed E-state index contributed by atoms with van der Waals surface area (Å²) in [5.41, 5.74) is 0.315. The number of halogens is 1. The van der Waals surface area contributed by atoms with Gasteiger partial charge in [0.05, 0.1) is 16.9 Å². The first-order chi connectivity index (χ1) is 9.50. The van der Waals surface area contributed by atoms with Gasteiger partial charge in [-0.05, 0) is 35.8 Å². The van der Waals surface area contributed by atoms with Gasteiger partial charge in [-0.15, -0.1) is 11.8 Å². The Morgan fingerprint density at radius 1 is 1.40 bits per heavy atom. The second-order valence-electron chi connectivity index (χ2n) is 3.78. The minimum Gasteiger partial charge on any atom is -0.478 e. The van der Waals surface area contributed by atoms with Crippen LogP contribution in [0.3, 0.4) is 0 Å². The first kappa shape index (κ1) is 15.0. The predicted molar refractivity (Wildman–Crippen MR) is 80.9 cm³/mol. The molecule has 0 spiro atoms. The van der Waals surface area contributed by atoms with Crippen molar-refractivity contribution in [2.24, 2.45) is 0 Å². The molecule has 1 heterocycles. The molecule has 1 aliphatic heterocycles. The van der Waals surface area contributed by atoms with Crippen LogP contribution >= 0.6 is 23.4 Å². The number of rotatable bonds is 4. The average Bonchev–Trinajstić information content (AvgIpc) is 2.39. The molecule has 5 nitrogen and oxygen atoms in total. The van der Waals surface area contributed by atoms with Gasteiger partial charge in [-0.25, -0.2) is 17.5 Å². The second-order valence-corrected chi connectivity index (χ2v) is 6.03. The van der Waals surface area contributed by atoms with Gasteiger partial charge in [0, 0.05) is 10.8 Å². The minimum atomic E-state index is -3.03. The van der Waals surface area contributed by atoms with Crippen LogP contribution in [0.2, 0.25) is 5.02 Å². The number of allylic oxidation sites excluding steroid dienone is 1. The second kappa shape index (κ2) is 6.34. The van der Waals surface area contributed by atoms with Crippen LogP contribution in [-0.4, -0.2) is 25.2 Å². The Kier molecular flexibility index (Phi) is 4.74. The zero-order valence-electron chi connectivity index (χ0n) is 10.0. The third kappa shape index (κ3) is 3.17. The van der Waals surface area contributed by atoms with Gasteiger partial charge in [-0.1, -0.05) is 11.6 Å². The SMILES string of the molecule is O=C(O)c1ccc(Cl)cc1N(C1=CCSC=C1)[SH](=O)=O. The van der Waals surface area contributed by atoms with Crippen LogP contribution in [0.4, 0.5) is 5.69 Å². The Morgan fingerprint density at radius 3 is 2.70 bits per heavy atom. The monoisotopic (exact) mass is 331 g/mol. The van der Waals surface area contributed by atoms with Gasteiger partial charge in [0.2, 0.25) is 10.9 Å². The van der Waals surface area contributed by atoms with Crippen LogP contribution in [0.1, 0.15) is 10.4 Å². The van der Waals surface area contributed by atoms with Crippen molar-refractivity contribution in [2.75, 3.05) is 10.1 Å². The van der Waals surface area contributed by atoms with Crippen LogP contribution < -0.4 is 4.31 Å². The van der Waals surface area contributed by atoms with Gasteiger partial charge in [0.25, 0.3) is 0 Å². The molecule has 0 atom stereocenters. The highest BCUT2D eigenvalue weighted by atomic mass is 35.5. The Morgan fingerprint density at radius 2 is 2.15 bits per heavy atom. The first-order valence-electron chi connectivity index (χ1n) is 5.46. The van der Waals surface area contributed by atoms with Gasteiger partial charge in [0.1, 0.15) is 0 Å². The fraction of sp³-hybridized carbons (Fsp3) is 0.0833. The third-order valence-electron chi connectivity index (χ3n) is 2.55. The normalized spacial score (nSPS) is 14.2. The number of aromatic carboxylic acids is 1. The number of thioether (sulfide) groups is 1. The van der Waals surface area contributed by atoms with E-state index in [1.165, 1.54) is 30.0 Å². The number of nitrogens with zero attached hydrogens (tertiary/aromatic N) is 1. The van der Waals surface area contributed by atoms with E-state index in [1.807, 2.05) is 0 Å². The third-order valence-corrected chi connectivity index (χ3v) is 4.25. The summed E-state index contributed by atoms with van der Waals surface area (Å²) >= 11 is 7.36. The number of carbonyl (C=O) groups is 1. The molecule has 0 fully saturated rings. The molecule has 0 aromatic heterocycles. The maximum atomic E-state index is 11.5. The van der Waals surface area contributed by atoms with E-state index in [0.717, 1.165) is 4.31 Å². The minimum absolute atomic E-state index is 0.0314. The Labute approximate surface area is 126 Å². The predicted octanol–water partition coefficient (Wildman–Crippen LogP) is 2.52. The Balaban J connectivity index is 2.60. The van der Waals surface area contributed by atoms with Crippen LogP contribution in [0.5, 0.6) is 0 Å². The van der Waals surface area contributed by atoms with Crippen LogP contribution in [0.25, 0.3) is 0 Å². The summed E-state index contributed by atoms with van der Waals surface area (Å²) < 4.78 is 24.0. The molecule has 20 heavy (non-hydrogen) atoms. The van der Waals surface area contributed by atoms with E-state index in [4.69, 9.17) is 11.6 Å². The lowest BCUT2D eigenvalue weighted by Crippen LogP contribution is -2.22. The van der Waals surface area contributed by atoms with Crippen molar-refractivity contribution in [3.63, 3.8) is 0 Å². The summed E-state index contributed by atoms with van der Waals surface area (Å²) in [7, 11) is -3.03. The maximum absolute atomic E-state index is 11.5. The Bertz CT molecular complexity index is 674. The van der Waals surface area contributed by atoms with Crippen molar-refractivity contribution in [3.05, 3.63) is 52.0 Å². The molecule has 0 radical (unpaired) electrons. The number of thiol groups is 1. The first-order valence-corrected chi connectivity index (χ1v) is 8.02. The molecule has 0 bridgehead atoms. The molecular formula is C12H10ClNO4S2. The summed E-state index contributed by atoms with van der Waals surface area (Å²) in [6, 6.07) is 4.02.